The normalized spacial score (nSPS) is 45.5. The van der Waals surface area contributed by atoms with Crippen LogP contribution in [0.1, 0.15) is 19.8 Å². The molecule has 2 rings (SSSR count). The molecule has 0 radical (unpaired) electrons. The van der Waals surface area contributed by atoms with Crippen LogP contribution in [-0.4, -0.2) is 106 Å². The highest BCUT2D eigenvalue weighted by molar-refractivity contribution is 4.90. The lowest BCUT2D eigenvalue weighted by molar-refractivity contribution is -0.320. The Hall–Kier alpha value is -0.400. The molecule has 0 aliphatic carbocycles. The minimum Gasteiger partial charge on any atom is -0.388 e. The van der Waals surface area contributed by atoms with E-state index in [1.165, 1.54) is 0 Å². The van der Waals surface area contributed by atoms with Gasteiger partial charge in [-0.1, -0.05) is 13.3 Å². The fourth-order valence-corrected chi connectivity index (χ4v) is 2.65. The second kappa shape index (κ2) is 9.51. The molecule has 0 aromatic heterocycles. The molecular formula is C15H28O10. The Morgan fingerprint density at radius 3 is 2.20 bits per heavy atom. The molecule has 2 aliphatic rings. The van der Waals surface area contributed by atoms with Crippen molar-refractivity contribution < 1.29 is 49.6 Å². The van der Waals surface area contributed by atoms with Gasteiger partial charge in [0.1, 0.15) is 42.7 Å². The van der Waals surface area contributed by atoms with Crippen LogP contribution in [0.5, 0.6) is 0 Å². The van der Waals surface area contributed by atoms with Crippen molar-refractivity contribution in [1.82, 2.24) is 0 Å². The number of ether oxygens (including phenoxy) is 4. The van der Waals surface area contributed by atoms with Crippen LogP contribution >= 0.6 is 0 Å². The maximum Gasteiger partial charge on any atom is 0.186 e. The molecule has 148 valence electrons. The third kappa shape index (κ3) is 5.07. The zero-order chi connectivity index (χ0) is 18.6. The van der Waals surface area contributed by atoms with Crippen molar-refractivity contribution in [3.63, 3.8) is 0 Å². The van der Waals surface area contributed by atoms with Crippen LogP contribution in [-0.2, 0) is 18.9 Å². The Morgan fingerprint density at radius 1 is 0.840 bits per heavy atom. The Morgan fingerprint density at radius 2 is 1.52 bits per heavy atom. The van der Waals surface area contributed by atoms with E-state index in [4.69, 9.17) is 18.9 Å². The van der Waals surface area contributed by atoms with Crippen molar-refractivity contribution in [2.24, 2.45) is 0 Å². The van der Waals surface area contributed by atoms with Gasteiger partial charge in [0.25, 0.3) is 0 Å². The van der Waals surface area contributed by atoms with E-state index >= 15 is 0 Å². The van der Waals surface area contributed by atoms with Crippen LogP contribution in [0, 0.1) is 0 Å². The summed E-state index contributed by atoms with van der Waals surface area (Å²) < 4.78 is 21.2. The summed E-state index contributed by atoms with van der Waals surface area (Å²) in [6, 6.07) is 0. The molecule has 9 atom stereocenters. The topological polar surface area (TPSA) is 158 Å². The standard InChI is InChI=1S/C15H28O10/c1-2-3-4-22-15-13(21)11(19)10(18)8(25-15)6-24-14-12(20)9(17)7(16)5-23-14/h7-21H,2-6H2,1H3/t7-,8+,9-,10+,11-,12+,13+,14-,15+/m0/s1. The van der Waals surface area contributed by atoms with Crippen molar-refractivity contribution in [2.45, 2.75) is 75.1 Å². The van der Waals surface area contributed by atoms with Gasteiger partial charge in [-0.25, -0.2) is 0 Å². The van der Waals surface area contributed by atoms with Crippen molar-refractivity contribution in [3.8, 4) is 0 Å². The highest BCUT2D eigenvalue weighted by Crippen LogP contribution is 2.24. The molecule has 25 heavy (non-hydrogen) atoms. The third-order valence-corrected chi connectivity index (χ3v) is 4.33. The monoisotopic (exact) mass is 368 g/mol. The Bertz CT molecular complexity index is 397. The molecule has 2 aliphatic heterocycles. The fraction of sp³-hybridized carbons (Fsp3) is 1.00. The molecule has 0 spiro atoms. The molecule has 0 bridgehead atoms. The van der Waals surface area contributed by atoms with Gasteiger partial charge < -0.3 is 49.6 Å². The minimum absolute atomic E-state index is 0.221. The summed E-state index contributed by atoms with van der Waals surface area (Å²) in [6.45, 7) is 1.78. The van der Waals surface area contributed by atoms with E-state index in [0.717, 1.165) is 12.8 Å². The zero-order valence-corrected chi connectivity index (χ0v) is 14.0. The van der Waals surface area contributed by atoms with Gasteiger partial charge in [0.2, 0.25) is 0 Å². The van der Waals surface area contributed by atoms with Crippen LogP contribution in [0.25, 0.3) is 0 Å². The van der Waals surface area contributed by atoms with Gasteiger partial charge in [-0.3, -0.25) is 0 Å². The second-order valence-corrected chi connectivity index (χ2v) is 6.32. The summed E-state index contributed by atoms with van der Waals surface area (Å²) in [5.74, 6) is 0. The van der Waals surface area contributed by atoms with Crippen molar-refractivity contribution in [1.29, 1.82) is 0 Å². The lowest BCUT2D eigenvalue weighted by Crippen LogP contribution is -2.60. The van der Waals surface area contributed by atoms with Gasteiger partial charge in [0.15, 0.2) is 12.6 Å². The number of hydrogen-bond acceptors (Lipinski definition) is 10. The quantitative estimate of drug-likeness (QED) is 0.257. The molecule has 2 fully saturated rings. The zero-order valence-electron chi connectivity index (χ0n) is 14.0. The fourth-order valence-electron chi connectivity index (χ4n) is 2.65. The summed E-state index contributed by atoms with van der Waals surface area (Å²) in [5.41, 5.74) is 0. The molecule has 2 saturated heterocycles. The molecule has 2 heterocycles. The molecule has 10 heteroatoms. The van der Waals surface area contributed by atoms with Gasteiger partial charge in [0.05, 0.1) is 13.2 Å². The maximum absolute atomic E-state index is 10.0. The first kappa shape index (κ1) is 20.9. The third-order valence-electron chi connectivity index (χ3n) is 4.33. The summed E-state index contributed by atoms with van der Waals surface area (Å²) in [4.78, 5) is 0. The predicted molar refractivity (Wildman–Crippen MR) is 81.3 cm³/mol. The number of aliphatic hydroxyl groups is 6. The number of aliphatic hydroxyl groups excluding tert-OH is 6. The highest BCUT2D eigenvalue weighted by atomic mass is 16.7. The number of hydrogen-bond donors (Lipinski definition) is 6. The van der Waals surface area contributed by atoms with Gasteiger partial charge in [-0.05, 0) is 6.42 Å². The molecule has 0 aromatic rings. The average Bonchev–Trinajstić information content (AvgIpc) is 2.60. The first-order valence-electron chi connectivity index (χ1n) is 8.45. The predicted octanol–water partition coefficient (Wildman–Crippen LogP) is -2.93. The Labute approximate surface area is 145 Å². The lowest BCUT2D eigenvalue weighted by Gasteiger charge is -2.41. The van der Waals surface area contributed by atoms with Crippen LogP contribution < -0.4 is 0 Å². The first-order chi connectivity index (χ1) is 11.9. The van der Waals surface area contributed by atoms with E-state index in [-0.39, 0.29) is 13.2 Å². The summed E-state index contributed by atoms with van der Waals surface area (Å²) >= 11 is 0. The Kier molecular flexibility index (Phi) is 7.95. The summed E-state index contributed by atoms with van der Waals surface area (Å²) in [7, 11) is 0. The average molecular weight is 368 g/mol. The first-order valence-corrected chi connectivity index (χ1v) is 8.45. The van der Waals surface area contributed by atoms with E-state index < -0.39 is 55.3 Å². The summed E-state index contributed by atoms with van der Waals surface area (Å²) in [5, 5.41) is 58.7. The number of unbranched alkanes of at least 4 members (excludes halogenated alkanes) is 1. The van der Waals surface area contributed by atoms with Gasteiger partial charge >= 0.3 is 0 Å². The van der Waals surface area contributed by atoms with E-state index in [9.17, 15) is 30.6 Å². The van der Waals surface area contributed by atoms with Crippen LogP contribution in [0.3, 0.4) is 0 Å². The lowest BCUT2D eigenvalue weighted by atomic mass is 9.99. The molecule has 0 aromatic carbocycles. The molecule has 6 N–H and O–H groups in total. The summed E-state index contributed by atoms with van der Waals surface area (Å²) in [6.07, 6.45) is -10.2. The molecule has 10 nitrogen and oxygen atoms in total. The van der Waals surface area contributed by atoms with Crippen molar-refractivity contribution in [2.75, 3.05) is 19.8 Å². The largest absolute Gasteiger partial charge is 0.388 e. The van der Waals surface area contributed by atoms with E-state index in [1.807, 2.05) is 6.92 Å². The minimum atomic E-state index is -1.49. The van der Waals surface area contributed by atoms with Crippen LogP contribution in [0.2, 0.25) is 0 Å². The van der Waals surface area contributed by atoms with Gasteiger partial charge in [-0.15, -0.1) is 0 Å². The smallest absolute Gasteiger partial charge is 0.186 e. The Balaban J connectivity index is 1.88. The van der Waals surface area contributed by atoms with E-state index in [0.29, 0.717) is 6.61 Å². The van der Waals surface area contributed by atoms with Crippen LogP contribution in [0.4, 0.5) is 0 Å². The van der Waals surface area contributed by atoms with Crippen LogP contribution in [0.15, 0.2) is 0 Å². The maximum atomic E-state index is 10.0. The highest BCUT2D eigenvalue weighted by Gasteiger charge is 2.45. The molecule has 0 saturated carbocycles. The molecular weight excluding hydrogens is 340 g/mol. The van der Waals surface area contributed by atoms with Crippen molar-refractivity contribution >= 4 is 0 Å². The molecule has 0 amide bonds. The van der Waals surface area contributed by atoms with Gasteiger partial charge in [-0.2, -0.15) is 0 Å². The molecule has 0 unspecified atom stereocenters. The number of rotatable bonds is 7. The van der Waals surface area contributed by atoms with Crippen molar-refractivity contribution in [3.05, 3.63) is 0 Å². The second-order valence-electron chi connectivity index (χ2n) is 6.32. The van der Waals surface area contributed by atoms with E-state index in [1.54, 1.807) is 0 Å². The van der Waals surface area contributed by atoms with Gasteiger partial charge in [0, 0.05) is 6.61 Å². The SMILES string of the molecule is CCCCO[C@@H]1O[C@H](CO[C@@H]2OC[C@H](O)[C@H](O)[C@H]2O)[C@@H](O)[C@H](O)[C@H]1O. The van der Waals surface area contributed by atoms with E-state index in [2.05, 4.69) is 0 Å².